The molecule has 1 heterocycles. The Bertz CT molecular complexity index is 1300. The molecular weight excluding hydrogens is 368 g/mol. The second-order valence-electron chi connectivity index (χ2n) is 6.37. The van der Waals surface area contributed by atoms with Crippen LogP contribution in [0.1, 0.15) is 11.1 Å². The molecular formula is C24H16O5. The number of benzene rings is 3. The van der Waals surface area contributed by atoms with Crippen LogP contribution < -0.4 is 10.2 Å². The zero-order valence-corrected chi connectivity index (χ0v) is 15.5. The fourth-order valence-corrected chi connectivity index (χ4v) is 2.93. The average molecular weight is 384 g/mol. The highest BCUT2D eigenvalue weighted by atomic mass is 16.5. The molecule has 4 aromatic rings. The third-order valence-electron chi connectivity index (χ3n) is 4.41. The number of hydrogen-bond acceptors (Lipinski definition) is 5. The normalized spacial score (nSPS) is 10.4. The van der Waals surface area contributed by atoms with Crippen molar-refractivity contribution in [1.29, 1.82) is 0 Å². The third-order valence-corrected chi connectivity index (χ3v) is 4.41. The fraction of sp³-hybridized carbons (Fsp3) is 0.0417. The molecule has 0 saturated heterocycles. The van der Waals surface area contributed by atoms with Gasteiger partial charge in [-0.2, -0.15) is 0 Å². The van der Waals surface area contributed by atoms with Gasteiger partial charge in [0.2, 0.25) is 0 Å². The van der Waals surface area contributed by atoms with Gasteiger partial charge in [0, 0.05) is 34.9 Å². The number of fused-ring (bicyclic) bond motifs is 1. The second-order valence-corrected chi connectivity index (χ2v) is 6.37. The molecule has 0 aliphatic heterocycles. The lowest BCUT2D eigenvalue weighted by atomic mass is 10.1. The Morgan fingerprint density at radius 2 is 1.48 bits per heavy atom. The number of phenols is 2. The van der Waals surface area contributed by atoms with E-state index in [0.29, 0.717) is 11.3 Å². The minimum atomic E-state index is -0.387. The van der Waals surface area contributed by atoms with Crippen LogP contribution in [0.5, 0.6) is 17.2 Å². The SMILES string of the molecule is COc1ccc(C#Cc2ccc(-c3cc(=O)c4c(O)cc(O)cc4o3)cc2)cc1. The van der Waals surface area contributed by atoms with Gasteiger partial charge in [0.25, 0.3) is 0 Å². The van der Waals surface area contributed by atoms with Crippen LogP contribution >= 0.6 is 0 Å². The molecule has 0 fully saturated rings. The zero-order valence-electron chi connectivity index (χ0n) is 15.5. The number of methoxy groups -OCH3 is 1. The summed E-state index contributed by atoms with van der Waals surface area (Å²) in [6.45, 7) is 0. The lowest BCUT2D eigenvalue weighted by Gasteiger charge is -2.05. The van der Waals surface area contributed by atoms with Gasteiger partial charge < -0.3 is 19.4 Å². The molecule has 0 amide bonds. The van der Waals surface area contributed by atoms with Crippen molar-refractivity contribution >= 4 is 11.0 Å². The Balaban J connectivity index is 1.64. The molecule has 0 saturated carbocycles. The van der Waals surface area contributed by atoms with Crippen molar-refractivity contribution in [1.82, 2.24) is 0 Å². The highest BCUT2D eigenvalue weighted by molar-refractivity contribution is 5.86. The summed E-state index contributed by atoms with van der Waals surface area (Å²) in [5.41, 5.74) is 2.09. The monoisotopic (exact) mass is 384 g/mol. The van der Waals surface area contributed by atoms with E-state index in [0.717, 1.165) is 22.9 Å². The smallest absolute Gasteiger partial charge is 0.197 e. The molecule has 0 bridgehead atoms. The minimum absolute atomic E-state index is 0.0357. The van der Waals surface area contributed by atoms with Crippen molar-refractivity contribution < 1.29 is 19.4 Å². The summed E-state index contributed by atoms with van der Waals surface area (Å²) in [5, 5.41) is 19.5. The molecule has 0 aliphatic rings. The van der Waals surface area contributed by atoms with Gasteiger partial charge in [-0.25, -0.2) is 0 Å². The standard InChI is InChI=1S/C24H16O5/c1-28-19-10-6-16(7-11-19)3-2-15-4-8-17(9-5-15)22-14-21(27)24-20(26)12-18(25)13-23(24)29-22/h4-14,25-26H,1H3. The second kappa shape index (κ2) is 7.45. The fourth-order valence-electron chi connectivity index (χ4n) is 2.93. The number of aromatic hydroxyl groups is 2. The van der Waals surface area contributed by atoms with Gasteiger partial charge in [-0.15, -0.1) is 0 Å². The average Bonchev–Trinajstić information content (AvgIpc) is 2.72. The maximum atomic E-state index is 12.3. The summed E-state index contributed by atoms with van der Waals surface area (Å²) in [6, 6.07) is 18.4. The Labute approximate surface area is 166 Å². The molecule has 1 aromatic heterocycles. The minimum Gasteiger partial charge on any atom is -0.508 e. The molecule has 4 rings (SSSR count). The first-order valence-electron chi connectivity index (χ1n) is 8.80. The van der Waals surface area contributed by atoms with Crippen LogP contribution in [-0.4, -0.2) is 17.3 Å². The molecule has 3 aromatic carbocycles. The van der Waals surface area contributed by atoms with E-state index in [-0.39, 0.29) is 27.9 Å². The van der Waals surface area contributed by atoms with E-state index < -0.39 is 0 Å². The van der Waals surface area contributed by atoms with Gasteiger partial charge in [-0.05, 0) is 48.5 Å². The molecule has 29 heavy (non-hydrogen) atoms. The van der Waals surface area contributed by atoms with Crippen LogP contribution in [0, 0.1) is 11.8 Å². The number of phenolic OH excluding ortho intramolecular Hbond substituents is 2. The molecule has 0 radical (unpaired) electrons. The first-order chi connectivity index (χ1) is 14.0. The number of ether oxygens (including phenoxy) is 1. The van der Waals surface area contributed by atoms with Gasteiger partial charge in [0.15, 0.2) is 5.43 Å². The van der Waals surface area contributed by atoms with E-state index >= 15 is 0 Å². The van der Waals surface area contributed by atoms with Crippen LogP contribution in [0.2, 0.25) is 0 Å². The molecule has 0 unspecified atom stereocenters. The van der Waals surface area contributed by atoms with Crippen molar-refractivity contribution in [2.24, 2.45) is 0 Å². The molecule has 2 N–H and O–H groups in total. The van der Waals surface area contributed by atoms with Crippen molar-refractivity contribution in [3.8, 4) is 40.4 Å². The molecule has 0 spiro atoms. The van der Waals surface area contributed by atoms with Crippen LogP contribution in [-0.2, 0) is 0 Å². The molecule has 5 nitrogen and oxygen atoms in total. The van der Waals surface area contributed by atoms with Crippen LogP contribution in [0.15, 0.2) is 75.9 Å². The Hall–Kier alpha value is -4.17. The molecule has 0 atom stereocenters. The van der Waals surface area contributed by atoms with Crippen LogP contribution in [0.3, 0.4) is 0 Å². The Kier molecular flexibility index (Phi) is 4.68. The summed E-state index contributed by atoms with van der Waals surface area (Å²) in [6.07, 6.45) is 0. The lowest BCUT2D eigenvalue weighted by molar-refractivity contribution is 0.415. The predicted octanol–water partition coefficient (Wildman–Crippen LogP) is 4.28. The number of rotatable bonds is 2. The van der Waals surface area contributed by atoms with Crippen molar-refractivity contribution in [2.45, 2.75) is 0 Å². The van der Waals surface area contributed by atoms with Gasteiger partial charge in [0.05, 0.1) is 7.11 Å². The topological polar surface area (TPSA) is 79.9 Å². The molecule has 142 valence electrons. The highest BCUT2D eigenvalue weighted by Crippen LogP contribution is 2.30. The van der Waals surface area contributed by atoms with Gasteiger partial charge in [-0.1, -0.05) is 11.8 Å². The molecule has 5 heteroatoms. The van der Waals surface area contributed by atoms with E-state index in [1.165, 1.54) is 12.1 Å². The van der Waals surface area contributed by atoms with Crippen molar-refractivity contribution in [3.63, 3.8) is 0 Å². The first-order valence-corrected chi connectivity index (χ1v) is 8.80. The van der Waals surface area contributed by atoms with E-state index in [4.69, 9.17) is 9.15 Å². The van der Waals surface area contributed by atoms with E-state index in [9.17, 15) is 15.0 Å². The van der Waals surface area contributed by atoms with Gasteiger partial charge >= 0.3 is 0 Å². The maximum absolute atomic E-state index is 12.3. The van der Waals surface area contributed by atoms with Crippen LogP contribution in [0.25, 0.3) is 22.3 Å². The zero-order chi connectivity index (χ0) is 20.4. The Morgan fingerprint density at radius 3 is 2.10 bits per heavy atom. The van der Waals surface area contributed by atoms with Crippen molar-refractivity contribution in [2.75, 3.05) is 7.11 Å². The summed E-state index contributed by atoms with van der Waals surface area (Å²) >= 11 is 0. The van der Waals surface area contributed by atoms with Crippen LogP contribution in [0.4, 0.5) is 0 Å². The maximum Gasteiger partial charge on any atom is 0.197 e. The Morgan fingerprint density at radius 1 is 0.862 bits per heavy atom. The predicted molar refractivity (Wildman–Crippen MR) is 110 cm³/mol. The van der Waals surface area contributed by atoms with Gasteiger partial charge in [0.1, 0.15) is 34.0 Å². The summed E-state index contributed by atoms with van der Waals surface area (Å²) in [5.74, 6) is 6.78. The van der Waals surface area contributed by atoms with E-state index in [2.05, 4.69) is 11.8 Å². The highest BCUT2D eigenvalue weighted by Gasteiger charge is 2.12. The third kappa shape index (κ3) is 3.78. The summed E-state index contributed by atoms with van der Waals surface area (Å²) in [4.78, 5) is 12.3. The van der Waals surface area contributed by atoms with Gasteiger partial charge in [-0.3, -0.25) is 4.79 Å². The largest absolute Gasteiger partial charge is 0.508 e. The summed E-state index contributed by atoms with van der Waals surface area (Å²) in [7, 11) is 1.62. The number of hydrogen-bond donors (Lipinski definition) is 2. The molecule has 0 aliphatic carbocycles. The first kappa shape index (κ1) is 18.2. The summed E-state index contributed by atoms with van der Waals surface area (Å²) < 4.78 is 10.8. The quantitative estimate of drug-likeness (QED) is 0.504. The van der Waals surface area contributed by atoms with E-state index in [1.54, 1.807) is 19.2 Å². The lowest BCUT2D eigenvalue weighted by Crippen LogP contribution is -2.00. The van der Waals surface area contributed by atoms with Crippen molar-refractivity contribution in [3.05, 3.63) is 88.1 Å². The van der Waals surface area contributed by atoms with E-state index in [1.807, 2.05) is 36.4 Å².